The third-order valence-electron chi connectivity index (χ3n) is 4.77. The van der Waals surface area contributed by atoms with Crippen LogP contribution in [-0.2, 0) is 5.75 Å². The second-order valence-corrected chi connectivity index (χ2v) is 7.99. The van der Waals surface area contributed by atoms with Crippen molar-refractivity contribution in [2.24, 2.45) is 0 Å². The zero-order valence-electron chi connectivity index (χ0n) is 15.6. The number of rotatable bonds is 6. The van der Waals surface area contributed by atoms with E-state index in [1.54, 1.807) is 18.0 Å². The molecule has 5 nitrogen and oxygen atoms in total. The van der Waals surface area contributed by atoms with Crippen LogP contribution in [0.5, 0.6) is 0 Å². The standard InChI is InChI=1S/C22H20N4OS/c1-15-7-9-16(10-8-15)19-13-23-20(27-19)14-28-22-24-21(17-11-12-17)26(25-22)18-5-3-2-4-6-18/h2-10,13,17H,11-12,14H2,1H3. The van der Waals surface area contributed by atoms with E-state index in [1.807, 2.05) is 22.9 Å². The predicted octanol–water partition coefficient (Wildman–Crippen LogP) is 5.40. The van der Waals surface area contributed by atoms with E-state index in [9.17, 15) is 0 Å². The van der Waals surface area contributed by atoms with Crippen LogP contribution >= 0.6 is 11.8 Å². The van der Waals surface area contributed by atoms with Crippen molar-refractivity contribution < 1.29 is 4.42 Å². The van der Waals surface area contributed by atoms with E-state index in [2.05, 4.69) is 48.3 Å². The maximum atomic E-state index is 5.92. The number of aromatic nitrogens is 4. The Morgan fingerprint density at radius 1 is 1.07 bits per heavy atom. The maximum Gasteiger partial charge on any atom is 0.209 e. The van der Waals surface area contributed by atoms with Gasteiger partial charge >= 0.3 is 0 Å². The van der Waals surface area contributed by atoms with Gasteiger partial charge in [-0.1, -0.05) is 59.8 Å². The van der Waals surface area contributed by atoms with E-state index in [0.717, 1.165) is 28.0 Å². The molecule has 1 saturated carbocycles. The maximum absolute atomic E-state index is 5.92. The first-order valence-electron chi connectivity index (χ1n) is 9.43. The van der Waals surface area contributed by atoms with Crippen molar-refractivity contribution in [3.05, 3.63) is 78.1 Å². The highest BCUT2D eigenvalue weighted by Gasteiger charge is 2.30. The highest BCUT2D eigenvalue weighted by atomic mass is 32.2. The summed E-state index contributed by atoms with van der Waals surface area (Å²) in [6, 6.07) is 18.5. The van der Waals surface area contributed by atoms with Gasteiger partial charge in [-0.15, -0.1) is 5.10 Å². The highest BCUT2D eigenvalue weighted by molar-refractivity contribution is 7.98. The summed E-state index contributed by atoms with van der Waals surface area (Å²) in [6.45, 7) is 2.07. The minimum Gasteiger partial charge on any atom is -0.440 e. The smallest absolute Gasteiger partial charge is 0.209 e. The monoisotopic (exact) mass is 388 g/mol. The van der Waals surface area contributed by atoms with Gasteiger partial charge in [0.1, 0.15) is 5.82 Å². The van der Waals surface area contributed by atoms with Crippen LogP contribution in [0.15, 0.2) is 70.4 Å². The van der Waals surface area contributed by atoms with Gasteiger partial charge in [-0.2, -0.15) is 0 Å². The van der Waals surface area contributed by atoms with Gasteiger partial charge in [-0.3, -0.25) is 0 Å². The molecule has 0 amide bonds. The van der Waals surface area contributed by atoms with Gasteiger partial charge in [-0.25, -0.2) is 14.6 Å². The Bertz CT molecular complexity index is 1080. The fraction of sp³-hybridized carbons (Fsp3) is 0.227. The number of aryl methyl sites for hydroxylation is 1. The molecule has 1 fully saturated rings. The SMILES string of the molecule is Cc1ccc(-c2cnc(CSc3nc(C4CC4)n(-c4ccccc4)n3)o2)cc1. The van der Waals surface area contributed by atoms with Crippen molar-refractivity contribution in [3.8, 4) is 17.0 Å². The summed E-state index contributed by atoms with van der Waals surface area (Å²) in [6.07, 6.45) is 4.16. The molecule has 2 aromatic heterocycles. The van der Waals surface area contributed by atoms with Crippen molar-refractivity contribution >= 4 is 11.8 Å². The summed E-state index contributed by atoms with van der Waals surface area (Å²) in [7, 11) is 0. The number of hydrogen-bond donors (Lipinski definition) is 0. The van der Waals surface area contributed by atoms with Crippen molar-refractivity contribution in [1.29, 1.82) is 0 Å². The Morgan fingerprint density at radius 2 is 1.86 bits per heavy atom. The number of hydrogen-bond acceptors (Lipinski definition) is 5. The number of nitrogens with zero attached hydrogens (tertiary/aromatic N) is 4. The van der Waals surface area contributed by atoms with Crippen molar-refractivity contribution in [2.75, 3.05) is 0 Å². The van der Waals surface area contributed by atoms with Crippen LogP contribution in [0.2, 0.25) is 0 Å². The average molecular weight is 388 g/mol. The third-order valence-corrected chi connectivity index (χ3v) is 5.59. The molecule has 1 aliphatic carbocycles. The predicted molar refractivity (Wildman–Crippen MR) is 110 cm³/mol. The van der Waals surface area contributed by atoms with Gasteiger partial charge in [0.05, 0.1) is 17.6 Å². The molecule has 0 N–H and O–H groups in total. The van der Waals surface area contributed by atoms with Crippen LogP contribution < -0.4 is 0 Å². The molecular formula is C22H20N4OS. The Balaban J connectivity index is 1.33. The van der Waals surface area contributed by atoms with E-state index >= 15 is 0 Å². The van der Waals surface area contributed by atoms with Crippen LogP contribution in [-0.4, -0.2) is 19.7 Å². The molecule has 140 valence electrons. The summed E-state index contributed by atoms with van der Waals surface area (Å²) < 4.78 is 7.90. The van der Waals surface area contributed by atoms with E-state index < -0.39 is 0 Å². The number of oxazole rings is 1. The molecule has 0 spiro atoms. The van der Waals surface area contributed by atoms with Crippen LogP contribution in [0.4, 0.5) is 0 Å². The minimum atomic E-state index is 0.525. The van der Waals surface area contributed by atoms with Gasteiger partial charge in [0.2, 0.25) is 11.0 Å². The Labute approximate surface area is 167 Å². The first kappa shape index (κ1) is 17.3. The van der Waals surface area contributed by atoms with E-state index in [-0.39, 0.29) is 0 Å². The zero-order chi connectivity index (χ0) is 18.9. The topological polar surface area (TPSA) is 56.7 Å². The molecule has 5 rings (SSSR count). The second-order valence-electron chi connectivity index (χ2n) is 7.05. The van der Waals surface area contributed by atoms with Crippen LogP contribution in [0.1, 0.15) is 36.0 Å². The first-order valence-corrected chi connectivity index (χ1v) is 10.4. The normalized spacial score (nSPS) is 13.8. The van der Waals surface area contributed by atoms with Gasteiger partial charge in [0.15, 0.2) is 5.76 Å². The fourth-order valence-electron chi connectivity index (χ4n) is 3.09. The van der Waals surface area contributed by atoms with Gasteiger partial charge in [-0.05, 0) is 31.9 Å². The summed E-state index contributed by atoms with van der Waals surface area (Å²) in [5.41, 5.74) is 3.32. The second kappa shape index (κ2) is 7.28. The summed E-state index contributed by atoms with van der Waals surface area (Å²) >= 11 is 1.56. The van der Waals surface area contributed by atoms with Gasteiger partial charge < -0.3 is 4.42 Å². The molecule has 0 atom stereocenters. The van der Waals surface area contributed by atoms with Crippen molar-refractivity contribution in [2.45, 2.75) is 36.6 Å². The molecule has 0 unspecified atom stereocenters. The summed E-state index contributed by atoms with van der Waals surface area (Å²) in [5.74, 6) is 3.66. The van der Waals surface area contributed by atoms with Gasteiger partial charge in [0, 0.05) is 11.5 Å². The van der Waals surface area contributed by atoms with Crippen LogP contribution in [0, 0.1) is 6.92 Å². The zero-order valence-corrected chi connectivity index (χ0v) is 16.4. The summed E-state index contributed by atoms with van der Waals surface area (Å²) in [5, 5.41) is 5.50. The fourth-order valence-corrected chi connectivity index (χ4v) is 3.77. The highest BCUT2D eigenvalue weighted by Crippen LogP contribution is 2.40. The molecule has 6 heteroatoms. The lowest BCUT2D eigenvalue weighted by Crippen LogP contribution is -2.01. The molecule has 28 heavy (non-hydrogen) atoms. The molecule has 0 aliphatic heterocycles. The molecule has 0 bridgehead atoms. The molecule has 1 aliphatic rings. The lowest BCUT2D eigenvalue weighted by atomic mass is 10.1. The summed E-state index contributed by atoms with van der Waals surface area (Å²) in [4.78, 5) is 9.20. The molecule has 2 heterocycles. The quantitative estimate of drug-likeness (QED) is 0.414. The Morgan fingerprint density at radius 3 is 2.61 bits per heavy atom. The van der Waals surface area contributed by atoms with Crippen LogP contribution in [0.25, 0.3) is 17.0 Å². The number of para-hydroxylation sites is 1. The lowest BCUT2D eigenvalue weighted by molar-refractivity contribution is 0.530. The van der Waals surface area contributed by atoms with Gasteiger partial charge in [0.25, 0.3) is 0 Å². The van der Waals surface area contributed by atoms with Crippen LogP contribution in [0.3, 0.4) is 0 Å². The number of thioether (sulfide) groups is 1. The van der Waals surface area contributed by atoms with E-state index in [1.165, 1.54) is 18.4 Å². The molecular weight excluding hydrogens is 368 g/mol. The lowest BCUT2D eigenvalue weighted by Gasteiger charge is -2.03. The van der Waals surface area contributed by atoms with E-state index in [0.29, 0.717) is 17.6 Å². The molecule has 0 saturated heterocycles. The molecule has 2 aromatic carbocycles. The number of benzene rings is 2. The third kappa shape index (κ3) is 3.60. The van der Waals surface area contributed by atoms with Crippen molar-refractivity contribution in [3.63, 3.8) is 0 Å². The van der Waals surface area contributed by atoms with E-state index in [4.69, 9.17) is 14.5 Å². The Hall–Kier alpha value is -2.86. The first-order chi connectivity index (χ1) is 13.8. The molecule has 4 aromatic rings. The Kier molecular flexibility index (Phi) is 4.49. The average Bonchev–Trinajstić information content (AvgIpc) is 3.31. The minimum absolute atomic E-state index is 0.525. The molecule has 0 radical (unpaired) electrons. The van der Waals surface area contributed by atoms with Crippen molar-refractivity contribution in [1.82, 2.24) is 19.7 Å². The largest absolute Gasteiger partial charge is 0.440 e.